The van der Waals surface area contributed by atoms with Crippen LogP contribution in [0, 0.1) is 16.7 Å². The number of carbonyl (C=O) groups is 5. The highest BCUT2D eigenvalue weighted by atomic mass is 16.7. The number of hydrogen-bond donors (Lipinski definition) is 2. The summed E-state index contributed by atoms with van der Waals surface area (Å²) >= 11 is 0. The van der Waals surface area contributed by atoms with Gasteiger partial charge in [-0.15, -0.1) is 0 Å². The molecule has 13 heteroatoms. The molecule has 2 bridgehead atoms. The van der Waals surface area contributed by atoms with Crippen LogP contribution in [-0.4, -0.2) is 88.4 Å². The summed E-state index contributed by atoms with van der Waals surface area (Å²) < 4.78 is 35.6. The molecule has 278 valence electrons. The Morgan fingerprint density at radius 3 is 2.12 bits per heavy atom. The molecule has 2 N–H and O–H groups in total. The Balaban J connectivity index is 1.58. The van der Waals surface area contributed by atoms with Gasteiger partial charge in [0.05, 0.1) is 29.6 Å². The highest BCUT2D eigenvalue weighted by Crippen LogP contribution is 2.64. The molecule has 3 aliphatic carbocycles. The molecule has 1 aliphatic heterocycles. The monoisotopic (exact) mass is 720 g/mol. The van der Waals surface area contributed by atoms with Crippen LogP contribution in [0.25, 0.3) is 0 Å². The maximum atomic E-state index is 15.5. The van der Waals surface area contributed by atoms with Gasteiger partial charge in [-0.05, 0) is 42.7 Å². The van der Waals surface area contributed by atoms with E-state index >= 15 is 4.79 Å². The summed E-state index contributed by atoms with van der Waals surface area (Å²) in [5, 5.41) is 24.7. The molecule has 13 nitrogen and oxygen atoms in total. The Labute approximate surface area is 301 Å². The number of Topliss-reactive ketones (excluding diaryl/α,β-unsaturated/α-hetero) is 1. The lowest BCUT2D eigenvalue weighted by atomic mass is 9.44. The molecule has 6 rings (SSSR count). The Hall–Kier alpha value is -4.59. The van der Waals surface area contributed by atoms with Crippen LogP contribution in [0.5, 0.6) is 0 Å². The molecule has 1 heterocycles. The van der Waals surface area contributed by atoms with Gasteiger partial charge >= 0.3 is 24.1 Å². The first-order valence-electron chi connectivity index (χ1n) is 17.2. The maximum absolute atomic E-state index is 15.5. The van der Waals surface area contributed by atoms with Gasteiger partial charge in [0.1, 0.15) is 30.5 Å². The standard InChI is InChI=1S/C39H44O13/c1-21-26(42)18-39(46)33(51-34(44)25-15-11-8-12-16-25)31-37(6,32(43)30(49-22(2)40)29(21)36(39,4)5)27(17-28-38(31,20-48-28)52-23(3)41)50-35(45)47-19-24-13-9-7-10-14-24/h7-16,26-28,30-31,33,42,46H,17-20H2,1-6H3/t26?,27-,28+,30+,31-,33-,37+,38-,39+/m0/s1. The average Bonchev–Trinajstić information content (AvgIpc) is 3.09. The molecule has 0 spiro atoms. The fourth-order valence-electron chi connectivity index (χ4n) is 8.92. The fourth-order valence-corrected chi connectivity index (χ4v) is 8.92. The first-order valence-corrected chi connectivity index (χ1v) is 17.2. The van der Waals surface area contributed by atoms with Gasteiger partial charge in [0.2, 0.25) is 0 Å². The number of benzene rings is 2. The van der Waals surface area contributed by atoms with Crippen LogP contribution in [0.3, 0.4) is 0 Å². The second kappa shape index (κ2) is 13.4. The average molecular weight is 721 g/mol. The van der Waals surface area contributed by atoms with E-state index in [2.05, 4.69) is 0 Å². The van der Waals surface area contributed by atoms with E-state index in [1.54, 1.807) is 69.3 Å². The van der Waals surface area contributed by atoms with Crippen molar-refractivity contribution in [3.05, 3.63) is 82.9 Å². The van der Waals surface area contributed by atoms with E-state index in [0.29, 0.717) is 5.56 Å². The van der Waals surface area contributed by atoms with Crippen LogP contribution in [0.1, 0.15) is 70.3 Å². The number of rotatable bonds is 7. The zero-order valence-electron chi connectivity index (χ0n) is 30.0. The molecular weight excluding hydrogens is 676 g/mol. The Bertz CT molecular complexity index is 1790. The fraction of sp³-hybridized carbons (Fsp3) is 0.513. The zero-order chi connectivity index (χ0) is 37.8. The van der Waals surface area contributed by atoms with Gasteiger partial charge in [-0.3, -0.25) is 14.4 Å². The van der Waals surface area contributed by atoms with E-state index in [1.165, 1.54) is 26.0 Å². The Morgan fingerprint density at radius 2 is 1.54 bits per heavy atom. The molecule has 3 fully saturated rings. The molecule has 52 heavy (non-hydrogen) atoms. The molecule has 0 radical (unpaired) electrons. The lowest BCUT2D eigenvalue weighted by Gasteiger charge is -2.67. The van der Waals surface area contributed by atoms with E-state index in [4.69, 9.17) is 28.4 Å². The minimum Gasteiger partial charge on any atom is -0.455 e. The van der Waals surface area contributed by atoms with Gasteiger partial charge in [-0.1, -0.05) is 62.4 Å². The smallest absolute Gasteiger partial charge is 0.455 e. The van der Waals surface area contributed by atoms with Crippen LogP contribution in [0.15, 0.2) is 71.8 Å². The van der Waals surface area contributed by atoms with Crippen molar-refractivity contribution in [1.29, 1.82) is 0 Å². The first-order chi connectivity index (χ1) is 24.5. The SMILES string of the molecule is CC(=O)O[C@H]1C(=O)[C@]2(C)[C@@H](OC(=O)OCc3ccccc3)C[C@H]3OC[C@@]3(OC(C)=O)[C@H]2[C@H](OC(=O)c2ccccc2)[C@]2(O)CC(O)C(C)=C1C2(C)C. The molecule has 2 saturated carbocycles. The number of fused-ring (bicyclic) bond motifs is 5. The van der Waals surface area contributed by atoms with E-state index in [9.17, 15) is 29.4 Å². The van der Waals surface area contributed by atoms with Crippen LogP contribution in [0.2, 0.25) is 0 Å². The molecule has 0 amide bonds. The number of esters is 3. The van der Waals surface area contributed by atoms with Crippen LogP contribution >= 0.6 is 0 Å². The van der Waals surface area contributed by atoms with Crippen LogP contribution in [0.4, 0.5) is 4.79 Å². The topological polar surface area (TPSA) is 181 Å². The number of aliphatic hydroxyl groups is 2. The van der Waals surface area contributed by atoms with Crippen molar-refractivity contribution in [2.45, 2.75) is 103 Å². The number of carbonyl (C=O) groups excluding carboxylic acids is 5. The quantitative estimate of drug-likeness (QED) is 0.238. The summed E-state index contributed by atoms with van der Waals surface area (Å²) in [6.07, 6.45) is -8.89. The van der Waals surface area contributed by atoms with Gasteiger partial charge in [-0.25, -0.2) is 9.59 Å². The van der Waals surface area contributed by atoms with Crippen molar-refractivity contribution in [2.75, 3.05) is 6.61 Å². The van der Waals surface area contributed by atoms with Crippen molar-refractivity contribution in [3.8, 4) is 0 Å². The summed E-state index contributed by atoms with van der Waals surface area (Å²) in [5.74, 6) is -4.73. The van der Waals surface area contributed by atoms with Crippen molar-refractivity contribution in [1.82, 2.24) is 0 Å². The lowest BCUT2D eigenvalue weighted by molar-refractivity contribution is -0.346. The van der Waals surface area contributed by atoms with Gasteiger partial charge < -0.3 is 38.6 Å². The summed E-state index contributed by atoms with van der Waals surface area (Å²) in [6.45, 7) is 8.13. The minimum absolute atomic E-state index is 0.105. The van der Waals surface area contributed by atoms with Gasteiger partial charge in [0.15, 0.2) is 17.5 Å². The molecule has 2 aromatic carbocycles. The predicted molar refractivity (Wildman–Crippen MR) is 180 cm³/mol. The predicted octanol–water partition coefficient (Wildman–Crippen LogP) is 4.01. The number of aliphatic hydroxyl groups excluding tert-OH is 1. The van der Waals surface area contributed by atoms with E-state index in [1.807, 2.05) is 0 Å². The second-order valence-electron chi connectivity index (χ2n) is 14.9. The third-order valence-corrected chi connectivity index (χ3v) is 11.6. The van der Waals surface area contributed by atoms with Gasteiger partial charge in [-0.2, -0.15) is 0 Å². The summed E-state index contributed by atoms with van der Waals surface area (Å²) in [6, 6.07) is 16.8. The Kier molecular flexibility index (Phi) is 9.60. The van der Waals surface area contributed by atoms with Crippen molar-refractivity contribution in [3.63, 3.8) is 0 Å². The van der Waals surface area contributed by atoms with Crippen LogP contribution in [-0.2, 0) is 49.4 Å². The Morgan fingerprint density at radius 1 is 0.904 bits per heavy atom. The normalized spacial score (nSPS) is 34.6. The number of ether oxygens (including phenoxy) is 6. The molecule has 1 unspecified atom stereocenters. The highest BCUT2D eigenvalue weighted by molar-refractivity contribution is 5.95. The lowest BCUT2D eigenvalue weighted by Crippen LogP contribution is -2.82. The first kappa shape index (κ1) is 37.2. The van der Waals surface area contributed by atoms with Gasteiger partial charge in [0.25, 0.3) is 0 Å². The van der Waals surface area contributed by atoms with Crippen molar-refractivity contribution < 1.29 is 62.6 Å². The molecular formula is C39H44O13. The van der Waals surface area contributed by atoms with Crippen molar-refractivity contribution in [2.24, 2.45) is 16.7 Å². The van der Waals surface area contributed by atoms with E-state index in [0.717, 1.165) is 6.92 Å². The number of ketones is 1. The van der Waals surface area contributed by atoms with Crippen molar-refractivity contribution >= 4 is 29.8 Å². The summed E-state index contributed by atoms with van der Waals surface area (Å²) in [4.78, 5) is 68.6. The minimum atomic E-state index is -2.21. The zero-order valence-corrected chi connectivity index (χ0v) is 30.0. The number of hydrogen-bond acceptors (Lipinski definition) is 13. The highest BCUT2D eigenvalue weighted by Gasteiger charge is 2.79. The molecule has 9 atom stereocenters. The molecule has 4 aliphatic rings. The maximum Gasteiger partial charge on any atom is 0.508 e. The van der Waals surface area contributed by atoms with E-state index in [-0.39, 0.29) is 42.8 Å². The molecule has 0 aromatic heterocycles. The van der Waals surface area contributed by atoms with Crippen LogP contribution < -0.4 is 0 Å². The summed E-state index contributed by atoms with van der Waals surface area (Å²) in [7, 11) is 0. The largest absolute Gasteiger partial charge is 0.508 e. The third kappa shape index (κ3) is 5.88. The van der Waals surface area contributed by atoms with E-state index < -0.39 is 88.3 Å². The van der Waals surface area contributed by atoms with Gasteiger partial charge in [0, 0.05) is 32.1 Å². The molecule has 2 aromatic rings. The second-order valence-corrected chi connectivity index (χ2v) is 14.9. The third-order valence-electron chi connectivity index (χ3n) is 11.6. The molecule has 1 saturated heterocycles. The summed E-state index contributed by atoms with van der Waals surface area (Å²) in [5.41, 5.74) is -6.27.